The predicted molar refractivity (Wildman–Crippen MR) is 99.4 cm³/mol. The summed E-state index contributed by atoms with van der Waals surface area (Å²) in [5, 5.41) is 3.06. The summed E-state index contributed by atoms with van der Waals surface area (Å²) in [4.78, 5) is 16.9. The first-order valence-corrected chi connectivity index (χ1v) is 9.43. The number of fused-ring (bicyclic) bond motifs is 1. The number of benzene rings is 1. The number of hydrogen-bond acceptors (Lipinski definition) is 3. The molecule has 1 aromatic carbocycles. The second-order valence-corrected chi connectivity index (χ2v) is 7.71. The molecule has 1 N–H and O–H groups in total. The van der Waals surface area contributed by atoms with Gasteiger partial charge in [0.1, 0.15) is 0 Å². The van der Waals surface area contributed by atoms with Gasteiger partial charge in [0.2, 0.25) is 0 Å². The minimum absolute atomic E-state index is 0.0465. The van der Waals surface area contributed by atoms with Crippen molar-refractivity contribution in [2.75, 3.05) is 33.3 Å². The fourth-order valence-electron chi connectivity index (χ4n) is 3.78. The minimum atomic E-state index is 0.0465. The molecule has 3 atom stereocenters. The van der Waals surface area contributed by atoms with Crippen LogP contribution in [0.4, 0.5) is 4.79 Å². The van der Waals surface area contributed by atoms with Crippen molar-refractivity contribution in [2.45, 2.75) is 39.0 Å². The number of urea groups is 1. The molecular formula is C20H31N3O2. The van der Waals surface area contributed by atoms with Gasteiger partial charge in [-0.1, -0.05) is 30.3 Å². The molecule has 2 aliphatic heterocycles. The van der Waals surface area contributed by atoms with Crippen molar-refractivity contribution in [3.63, 3.8) is 0 Å². The Labute approximate surface area is 151 Å². The second-order valence-electron chi connectivity index (χ2n) is 7.71. The van der Waals surface area contributed by atoms with E-state index in [0.717, 1.165) is 38.2 Å². The van der Waals surface area contributed by atoms with E-state index >= 15 is 0 Å². The van der Waals surface area contributed by atoms with E-state index in [4.69, 9.17) is 4.74 Å². The van der Waals surface area contributed by atoms with Gasteiger partial charge in [-0.05, 0) is 38.8 Å². The first kappa shape index (κ1) is 18.2. The van der Waals surface area contributed by atoms with Gasteiger partial charge in [-0.2, -0.15) is 0 Å². The van der Waals surface area contributed by atoms with Crippen LogP contribution < -0.4 is 5.32 Å². The Balaban J connectivity index is 1.53. The lowest BCUT2D eigenvalue weighted by Gasteiger charge is -2.37. The monoisotopic (exact) mass is 345 g/mol. The molecule has 2 heterocycles. The van der Waals surface area contributed by atoms with Gasteiger partial charge < -0.3 is 19.9 Å². The molecule has 2 saturated heterocycles. The number of likely N-dealkylation sites (tertiary alicyclic amines) is 1. The number of amides is 2. The number of rotatable bonds is 5. The molecule has 5 heteroatoms. The third-order valence-corrected chi connectivity index (χ3v) is 5.73. The van der Waals surface area contributed by atoms with Gasteiger partial charge >= 0.3 is 6.03 Å². The second kappa shape index (κ2) is 8.19. The van der Waals surface area contributed by atoms with Gasteiger partial charge in [-0.15, -0.1) is 0 Å². The van der Waals surface area contributed by atoms with E-state index in [9.17, 15) is 4.79 Å². The van der Waals surface area contributed by atoms with E-state index in [1.54, 1.807) is 0 Å². The maximum absolute atomic E-state index is 12.6. The molecule has 0 aliphatic carbocycles. The lowest BCUT2D eigenvalue weighted by atomic mass is 9.84. The Morgan fingerprint density at radius 1 is 1.36 bits per heavy atom. The SMILES string of the molecule is CC(C)N(C)C[C@@H]1OC[C@H]2CCN(C(=O)NCc3ccccc3)C[C@H]21. The van der Waals surface area contributed by atoms with Crippen molar-refractivity contribution in [3.05, 3.63) is 35.9 Å². The van der Waals surface area contributed by atoms with E-state index < -0.39 is 0 Å². The molecule has 0 aromatic heterocycles. The van der Waals surface area contributed by atoms with E-state index in [1.165, 1.54) is 0 Å². The molecule has 1 aromatic rings. The van der Waals surface area contributed by atoms with Crippen molar-refractivity contribution in [1.82, 2.24) is 15.1 Å². The van der Waals surface area contributed by atoms with Gasteiger partial charge in [0.05, 0.1) is 12.7 Å². The van der Waals surface area contributed by atoms with Crippen LogP contribution in [0.2, 0.25) is 0 Å². The lowest BCUT2D eigenvalue weighted by Crippen LogP contribution is -2.50. The van der Waals surface area contributed by atoms with Crippen LogP contribution >= 0.6 is 0 Å². The van der Waals surface area contributed by atoms with Gasteiger partial charge in [-0.25, -0.2) is 4.79 Å². The number of nitrogens with one attached hydrogen (secondary N) is 1. The molecule has 0 saturated carbocycles. The Morgan fingerprint density at radius 2 is 2.12 bits per heavy atom. The first-order chi connectivity index (χ1) is 12.0. The summed E-state index contributed by atoms with van der Waals surface area (Å²) in [6, 6.07) is 10.6. The van der Waals surface area contributed by atoms with Gasteiger partial charge in [0.25, 0.3) is 0 Å². The molecule has 2 fully saturated rings. The normalized spacial score (nSPS) is 26.1. The highest BCUT2D eigenvalue weighted by atomic mass is 16.5. The van der Waals surface area contributed by atoms with Gasteiger partial charge in [0.15, 0.2) is 0 Å². The average molecular weight is 345 g/mol. The summed E-state index contributed by atoms with van der Waals surface area (Å²) in [5.41, 5.74) is 1.13. The third-order valence-electron chi connectivity index (χ3n) is 5.73. The minimum Gasteiger partial charge on any atom is -0.376 e. The van der Waals surface area contributed by atoms with Crippen LogP contribution in [-0.2, 0) is 11.3 Å². The number of likely N-dealkylation sites (N-methyl/N-ethyl adjacent to an activating group) is 1. The standard InChI is InChI=1S/C20H31N3O2/c1-15(2)22(3)13-19-18-12-23(10-9-17(18)14-25-19)20(24)21-11-16-7-5-4-6-8-16/h4-8,15,17-19H,9-14H2,1-3H3,(H,21,24)/t17-,18-,19+/m1/s1. The van der Waals surface area contributed by atoms with Crippen LogP contribution in [0, 0.1) is 11.8 Å². The predicted octanol–water partition coefficient (Wildman–Crippen LogP) is 2.57. The highest BCUT2D eigenvalue weighted by Crippen LogP contribution is 2.34. The maximum atomic E-state index is 12.6. The zero-order valence-corrected chi connectivity index (χ0v) is 15.6. The average Bonchev–Trinajstić information content (AvgIpc) is 3.02. The molecule has 0 spiro atoms. The summed E-state index contributed by atoms with van der Waals surface area (Å²) in [7, 11) is 2.15. The van der Waals surface area contributed by atoms with Crippen molar-refractivity contribution in [2.24, 2.45) is 11.8 Å². The summed E-state index contributed by atoms with van der Waals surface area (Å²) in [6.07, 6.45) is 1.29. The summed E-state index contributed by atoms with van der Waals surface area (Å²) in [5.74, 6) is 1.06. The van der Waals surface area contributed by atoms with Crippen LogP contribution in [-0.4, -0.2) is 61.3 Å². The van der Waals surface area contributed by atoms with Crippen molar-refractivity contribution in [3.8, 4) is 0 Å². The van der Waals surface area contributed by atoms with E-state index in [2.05, 4.69) is 31.1 Å². The van der Waals surface area contributed by atoms with Gasteiger partial charge in [-0.3, -0.25) is 0 Å². The summed E-state index contributed by atoms with van der Waals surface area (Å²) < 4.78 is 6.08. The Kier molecular flexibility index (Phi) is 5.97. The van der Waals surface area contributed by atoms with Crippen LogP contribution in [0.1, 0.15) is 25.8 Å². The smallest absolute Gasteiger partial charge is 0.317 e. The zero-order chi connectivity index (χ0) is 17.8. The van der Waals surface area contributed by atoms with Crippen LogP contribution in [0.15, 0.2) is 30.3 Å². The first-order valence-electron chi connectivity index (χ1n) is 9.43. The van der Waals surface area contributed by atoms with Crippen molar-refractivity contribution < 1.29 is 9.53 Å². The molecule has 2 aliphatic rings. The van der Waals surface area contributed by atoms with Crippen molar-refractivity contribution in [1.29, 1.82) is 0 Å². The van der Waals surface area contributed by atoms with Crippen LogP contribution in [0.3, 0.4) is 0 Å². The van der Waals surface area contributed by atoms with Crippen LogP contribution in [0.25, 0.3) is 0 Å². The Bertz CT molecular complexity index is 563. The van der Waals surface area contributed by atoms with Gasteiger partial charge in [0, 0.05) is 38.1 Å². The Hall–Kier alpha value is -1.59. The number of carbonyl (C=O) groups is 1. The quantitative estimate of drug-likeness (QED) is 0.892. The molecule has 5 nitrogen and oxygen atoms in total. The Morgan fingerprint density at radius 3 is 2.84 bits per heavy atom. The zero-order valence-electron chi connectivity index (χ0n) is 15.6. The molecule has 25 heavy (non-hydrogen) atoms. The summed E-state index contributed by atoms with van der Waals surface area (Å²) >= 11 is 0. The largest absolute Gasteiger partial charge is 0.376 e. The lowest BCUT2D eigenvalue weighted by molar-refractivity contribution is 0.0471. The van der Waals surface area contributed by atoms with Crippen LogP contribution in [0.5, 0.6) is 0 Å². The highest BCUT2D eigenvalue weighted by Gasteiger charge is 2.42. The third kappa shape index (κ3) is 4.53. The molecule has 0 radical (unpaired) electrons. The molecule has 138 valence electrons. The number of carbonyl (C=O) groups excluding carboxylic acids is 1. The summed E-state index contributed by atoms with van der Waals surface area (Å²) in [6.45, 7) is 8.42. The molecular weight excluding hydrogens is 314 g/mol. The molecule has 0 unspecified atom stereocenters. The fraction of sp³-hybridized carbons (Fsp3) is 0.650. The number of nitrogens with zero attached hydrogens (tertiary/aromatic N) is 2. The van der Waals surface area contributed by atoms with E-state index in [0.29, 0.717) is 24.4 Å². The van der Waals surface area contributed by atoms with E-state index in [1.807, 2.05) is 35.2 Å². The molecule has 3 rings (SSSR count). The molecule has 2 amide bonds. The molecule has 0 bridgehead atoms. The number of ether oxygens (including phenoxy) is 1. The topological polar surface area (TPSA) is 44.8 Å². The van der Waals surface area contributed by atoms with E-state index in [-0.39, 0.29) is 12.1 Å². The maximum Gasteiger partial charge on any atom is 0.317 e. The fourth-order valence-corrected chi connectivity index (χ4v) is 3.78. The number of piperidine rings is 1. The highest BCUT2D eigenvalue weighted by molar-refractivity contribution is 5.74. The number of hydrogen-bond donors (Lipinski definition) is 1. The van der Waals surface area contributed by atoms with Crippen molar-refractivity contribution >= 4 is 6.03 Å².